The zero-order chi connectivity index (χ0) is 17.1. The van der Waals surface area contributed by atoms with E-state index in [0.29, 0.717) is 23.0 Å². The van der Waals surface area contributed by atoms with Gasteiger partial charge in [-0.3, -0.25) is 9.59 Å². The molecular formula is C20H28N2O2. The second-order valence-corrected chi connectivity index (χ2v) is 7.58. The molecule has 2 saturated heterocycles. The Kier molecular flexibility index (Phi) is 5.22. The third kappa shape index (κ3) is 3.80. The van der Waals surface area contributed by atoms with E-state index in [1.54, 1.807) is 6.07 Å². The van der Waals surface area contributed by atoms with Gasteiger partial charge in [-0.15, -0.1) is 0 Å². The molecule has 2 atom stereocenters. The van der Waals surface area contributed by atoms with E-state index in [-0.39, 0.29) is 11.8 Å². The summed E-state index contributed by atoms with van der Waals surface area (Å²) in [6.45, 7) is 7.67. The molecule has 0 aliphatic carbocycles. The number of carbonyl (C=O) groups excluding carboxylic acids is 2. The summed E-state index contributed by atoms with van der Waals surface area (Å²) in [6.07, 6.45) is 4.51. The van der Waals surface area contributed by atoms with Crippen LogP contribution in [0.1, 0.15) is 60.2 Å². The Hall–Kier alpha value is -1.84. The molecule has 24 heavy (non-hydrogen) atoms. The number of rotatable bonds is 2. The third-order valence-corrected chi connectivity index (χ3v) is 5.24. The SMILES string of the molecule is C[C@@H]1CCCN(C(=O)c2cccc(C(=O)N3CCC[C@@H](C)C3)c2)C1. The van der Waals surface area contributed by atoms with Crippen LogP contribution < -0.4 is 0 Å². The smallest absolute Gasteiger partial charge is 0.253 e. The summed E-state index contributed by atoms with van der Waals surface area (Å²) >= 11 is 0. The Balaban J connectivity index is 1.73. The molecule has 2 aliphatic heterocycles. The number of nitrogens with zero attached hydrogens (tertiary/aromatic N) is 2. The van der Waals surface area contributed by atoms with E-state index in [9.17, 15) is 9.59 Å². The van der Waals surface area contributed by atoms with Crippen LogP contribution in [0.4, 0.5) is 0 Å². The minimum atomic E-state index is 0.0585. The lowest BCUT2D eigenvalue weighted by atomic mass is 9.98. The molecule has 0 unspecified atom stereocenters. The molecule has 2 aliphatic rings. The van der Waals surface area contributed by atoms with Crippen LogP contribution in [-0.2, 0) is 0 Å². The largest absolute Gasteiger partial charge is 0.338 e. The highest BCUT2D eigenvalue weighted by atomic mass is 16.2. The lowest BCUT2D eigenvalue weighted by Crippen LogP contribution is -2.40. The van der Waals surface area contributed by atoms with Crippen molar-refractivity contribution in [3.63, 3.8) is 0 Å². The zero-order valence-corrected chi connectivity index (χ0v) is 14.8. The Morgan fingerprint density at radius 2 is 1.33 bits per heavy atom. The highest BCUT2D eigenvalue weighted by Gasteiger charge is 2.25. The predicted molar refractivity (Wildman–Crippen MR) is 95.0 cm³/mol. The average molecular weight is 328 g/mol. The fraction of sp³-hybridized carbons (Fsp3) is 0.600. The summed E-state index contributed by atoms with van der Waals surface area (Å²) in [5.41, 5.74) is 1.28. The van der Waals surface area contributed by atoms with Crippen LogP contribution >= 0.6 is 0 Å². The summed E-state index contributed by atoms with van der Waals surface area (Å²) in [5.74, 6) is 1.23. The molecule has 0 saturated carbocycles. The van der Waals surface area contributed by atoms with Gasteiger partial charge in [0.15, 0.2) is 0 Å². The first-order valence-corrected chi connectivity index (χ1v) is 9.23. The molecule has 0 spiro atoms. The molecule has 4 heteroatoms. The Labute approximate surface area is 144 Å². The van der Waals surface area contributed by atoms with Crippen molar-refractivity contribution < 1.29 is 9.59 Å². The van der Waals surface area contributed by atoms with E-state index in [0.717, 1.165) is 39.0 Å². The topological polar surface area (TPSA) is 40.6 Å². The molecule has 2 amide bonds. The molecule has 4 nitrogen and oxygen atoms in total. The number of carbonyl (C=O) groups is 2. The number of piperidine rings is 2. The van der Waals surface area contributed by atoms with Crippen LogP contribution in [0.25, 0.3) is 0 Å². The van der Waals surface area contributed by atoms with Gasteiger partial charge < -0.3 is 9.80 Å². The molecule has 1 aromatic rings. The van der Waals surface area contributed by atoms with Crippen molar-refractivity contribution in [3.05, 3.63) is 35.4 Å². The van der Waals surface area contributed by atoms with Gasteiger partial charge in [0.1, 0.15) is 0 Å². The van der Waals surface area contributed by atoms with Crippen LogP contribution in [0.15, 0.2) is 24.3 Å². The fourth-order valence-corrected chi connectivity index (χ4v) is 3.90. The van der Waals surface area contributed by atoms with Gasteiger partial charge in [-0.25, -0.2) is 0 Å². The van der Waals surface area contributed by atoms with Crippen LogP contribution in [0, 0.1) is 11.8 Å². The summed E-state index contributed by atoms with van der Waals surface area (Å²) in [5, 5.41) is 0. The molecule has 2 heterocycles. The molecule has 2 fully saturated rings. The van der Waals surface area contributed by atoms with Gasteiger partial charge in [-0.1, -0.05) is 19.9 Å². The number of likely N-dealkylation sites (tertiary alicyclic amines) is 2. The molecule has 0 aromatic heterocycles. The monoisotopic (exact) mass is 328 g/mol. The Morgan fingerprint density at radius 3 is 1.75 bits per heavy atom. The molecule has 0 bridgehead atoms. The maximum absolute atomic E-state index is 12.7. The predicted octanol–water partition coefficient (Wildman–Crippen LogP) is 3.43. The normalized spacial score (nSPS) is 24.8. The Morgan fingerprint density at radius 1 is 0.875 bits per heavy atom. The fourth-order valence-electron chi connectivity index (χ4n) is 3.90. The molecule has 130 valence electrons. The van der Waals surface area contributed by atoms with Gasteiger partial charge in [0.25, 0.3) is 11.8 Å². The summed E-state index contributed by atoms with van der Waals surface area (Å²) in [7, 11) is 0. The van der Waals surface area contributed by atoms with E-state index in [1.165, 1.54) is 12.8 Å². The second-order valence-electron chi connectivity index (χ2n) is 7.58. The Bertz CT molecular complexity index is 564. The minimum Gasteiger partial charge on any atom is -0.338 e. The van der Waals surface area contributed by atoms with Crippen LogP contribution in [0.3, 0.4) is 0 Å². The van der Waals surface area contributed by atoms with Crippen molar-refractivity contribution in [1.29, 1.82) is 0 Å². The summed E-state index contributed by atoms with van der Waals surface area (Å²) in [4.78, 5) is 29.4. The first-order valence-electron chi connectivity index (χ1n) is 9.23. The first kappa shape index (κ1) is 17.0. The molecule has 0 N–H and O–H groups in total. The van der Waals surface area contributed by atoms with Gasteiger partial charge in [0, 0.05) is 37.3 Å². The molecule has 0 radical (unpaired) electrons. The van der Waals surface area contributed by atoms with Crippen molar-refractivity contribution in [2.75, 3.05) is 26.2 Å². The average Bonchev–Trinajstić information content (AvgIpc) is 2.60. The van der Waals surface area contributed by atoms with Crippen molar-refractivity contribution in [1.82, 2.24) is 9.80 Å². The van der Waals surface area contributed by atoms with E-state index >= 15 is 0 Å². The molecule has 3 rings (SSSR count). The zero-order valence-electron chi connectivity index (χ0n) is 14.8. The van der Waals surface area contributed by atoms with Crippen LogP contribution in [0.2, 0.25) is 0 Å². The van der Waals surface area contributed by atoms with Crippen LogP contribution in [-0.4, -0.2) is 47.8 Å². The number of amides is 2. The molecule has 1 aromatic carbocycles. The number of hydrogen-bond acceptors (Lipinski definition) is 2. The highest BCUT2D eigenvalue weighted by Crippen LogP contribution is 2.21. The van der Waals surface area contributed by atoms with Crippen LogP contribution in [0.5, 0.6) is 0 Å². The van der Waals surface area contributed by atoms with Gasteiger partial charge in [-0.2, -0.15) is 0 Å². The maximum atomic E-state index is 12.7. The van der Waals surface area contributed by atoms with Gasteiger partial charge >= 0.3 is 0 Å². The summed E-state index contributed by atoms with van der Waals surface area (Å²) in [6, 6.07) is 7.28. The van der Waals surface area contributed by atoms with Gasteiger partial charge in [0.05, 0.1) is 0 Å². The second kappa shape index (κ2) is 7.37. The maximum Gasteiger partial charge on any atom is 0.253 e. The van der Waals surface area contributed by atoms with E-state index < -0.39 is 0 Å². The van der Waals surface area contributed by atoms with Crippen molar-refractivity contribution >= 4 is 11.8 Å². The quantitative estimate of drug-likeness (QED) is 0.834. The first-order chi connectivity index (χ1) is 11.5. The van der Waals surface area contributed by atoms with Crippen molar-refractivity contribution in [2.45, 2.75) is 39.5 Å². The lowest BCUT2D eigenvalue weighted by molar-refractivity contribution is 0.0680. The third-order valence-electron chi connectivity index (χ3n) is 5.24. The standard InChI is InChI=1S/C20H28N2O2/c1-15-6-4-10-21(13-15)19(23)17-8-3-9-18(12-17)20(24)22-11-5-7-16(2)14-22/h3,8-9,12,15-16H,4-7,10-11,13-14H2,1-2H3/t15-,16-/m1/s1. The van der Waals surface area contributed by atoms with Crippen molar-refractivity contribution in [2.24, 2.45) is 11.8 Å². The highest BCUT2D eigenvalue weighted by molar-refractivity contribution is 5.99. The lowest BCUT2D eigenvalue weighted by Gasteiger charge is -2.32. The van der Waals surface area contributed by atoms with Crippen molar-refractivity contribution in [3.8, 4) is 0 Å². The number of benzene rings is 1. The van der Waals surface area contributed by atoms with Gasteiger partial charge in [0.2, 0.25) is 0 Å². The minimum absolute atomic E-state index is 0.0585. The van der Waals surface area contributed by atoms with E-state index in [4.69, 9.17) is 0 Å². The van der Waals surface area contributed by atoms with E-state index in [1.807, 2.05) is 28.0 Å². The van der Waals surface area contributed by atoms with E-state index in [2.05, 4.69) is 13.8 Å². The summed E-state index contributed by atoms with van der Waals surface area (Å²) < 4.78 is 0. The number of hydrogen-bond donors (Lipinski definition) is 0. The van der Waals surface area contributed by atoms with Gasteiger partial charge in [-0.05, 0) is 55.7 Å². The molecular weight excluding hydrogens is 300 g/mol.